The Kier molecular flexibility index (Phi) is 4.14. The molecule has 1 N–H and O–H groups in total. The molecule has 1 aromatic carbocycles. The number of hydrogen-bond donors (Lipinski definition) is 1. The molecular weight excluding hydrogens is 152 g/mol. The Bertz CT molecular complexity index is 266. The van der Waals surface area contributed by atoms with Gasteiger partial charge >= 0.3 is 29.0 Å². The summed E-state index contributed by atoms with van der Waals surface area (Å²) in [4.78, 5) is 10.4. The fraction of sp³-hybridized carbons (Fsp3) is 0.125. The van der Waals surface area contributed by atoms with Gasteiger partial charge in [-0.15, -0.1) is 0 Å². The zero-order chi connectivity index (χ0) is 7.56. The first-order chi connectivity index (χ1) is 4.72. The molecule has 0 aromatic heterocycles. The Balaban J connectivity index is -0.000000333. The van der Waals surface area contributed by atoms with Crippen molar-refractivity contribution in [3.05, 3.63) is 35.4 Å². The molecule has 0 spiro atoms. The molecule has 0 saturated heterocycles. The third-order valence-electron chi connectivity index (χ3n) is 1.38. The summed E-state index contributed by atoms with van der Waals surface area (Å²) in [6.45, 7) is 1.78. The standard InChI is InChI=1S/C8H8O2.Mg.2H/c1-6-4-2-3-5-7(6)8(9)10;;;/h2-5H,1H3,(H,9,10);;;/q;+2;2*-1. The summed E-state index contributed by atoms with van der Waals surface area (Å²) in [5.74, 6) is -0.863. The van der Waals surface area contributed by atoms with Crippen molar-refractivity contribution in [2.45, 2.75) is 6.92 Å². The van der Waals surface area contributed by atoms with Crippen LogP contribution in [-0.2, 0) is 0 Å². The molecule has 11 heavy (non-hydrogen) atoms. The second kappa shape index (κ2) is 4.36. The fourth-order valence-electron chi connectivity index (χ4n) is 0.813. The van der Waals surface area contributed by atoms with Crippen molar-refractivity contribution in [2.24, 2.45) is 0 Å². The molecule has 1 rings (SSSR count). The van der Waals surface area contributed by atoms with Crippen LogP contribution in [0.15, 0.2) is 24.3 Å². The van der Waals surface area contributed by atoms with Gasteiger partial charge in [-0.3, -0.25) is 0 Å². The van der Waals surface area contributed by atoms with Gasteiger partial charge in [-0.25, -0.2) is 4.79 Å². The van der Waals surface area contributed by atoms with Gasteiger partial charge in [0.1, 0.15) is 0 Å². The van der Waals surface area contributed by atoms with Crippen LogP contribution in [0.25, 0.3) is 0 Å². The Morgan fingerprint density at radius 2 is 2.00 bits per heavy atom. The number of hydrogen-bond acceptors (Lipinski definition) is 1. The van der Waals surface area contributed by atoms with Crippen LogP contribution in [0, 0.1) is 6.92 Å². The molecular formula is C8H10MgO2. The van der Waals surface area contributed by atoms with E-state index < -0.39 is 5.97 Å². The smallest absolute Gasteiger partial charge is 1.00 e. The molecule has 0 fully saturated rings. The van der Waals surface area contributed by atoms with Crippen LogP contribution in [-0.4, -0.2) is 34.1 Å². The summed E-state index contributed by atoms with van der Waals surface area (Å²) in [5, 5.41) is 8.57. The van der Waals surface area contributed by atoms with E-state index in [0.717, 1.165) is 5.56 Å². The Hall–Kier alpha value is -0.544. The van der Waals surface area contributed by atoms with Crippen LogP contribution in [0.4, 0.5) is 0 Å². The maximum absolute atomic E-state index is 10.4. The van der Waals surface area contributed by atoms with Gasteiger partial charge in [0.25, 0.3) is 0 Å². The molecule has 0 saturated carbocycles. The average Bonchev–Trinajstić information content (AvgIpc) is 1.88. The minimum Gasteiger partial charge on any atom is -1.00 e. The molecule has 0 radical (unpaired) electrons. The third kappa shape index (κ3) is 2.52. The molecule has 1 aromatic rings. The third-order valence-corrected chi connectivity index (χ3v) is 1.38. The fourth-order valence-corrected chi connectivity index (χ4v) is 0.813. The largest absolute Gasteiger partial charge is 2.00 e. The van der Waals surface area contributed by atoms with E-state index in [-0.39, 0.29) is 25.9 Å². The SMILES string of the molecule is Cc1ccccc1C(=O)O.[H-].[H-].[Mg+2]. The number of carboxylic acids is 1. The molecule has 0 aliphatic rings. The molecule has 0 bridgehead atoms. The maximum atomic E-state index is 10.4. The number of aryl methyl sites for hydroxylation is 1. The summed E-state index contributed by atoms with van der Waals surface area (Å²) < 4.78 is 0. The number of rotatable bonds is 1. The van der Waals surface area contributed by atoms with Crippen LogP contribution in [0.2, 0.25) is 0 Å². The Labute approximate surface area is 84.4 Å². The zero-order valence-electron chi connectivity index (χ0n) is 8.37. The van der Waals surface area contributed by atoms with Crippen molar-refractivity contribution in [1.29, 1.82) is 0 Å². The van der Waals surface area contributed by atoms with Gasteiger partial charge in [-0.1, -0.05) is 18.2 Å². The first-order valence-corrected chi connectivity index (χ1v) is 3.01. The van der Waals surface area contributed by atoms with Gasteiger partial charge in [-0.05, 0) is 18.6 Å². The Morgan fingerprint density at radius 1 is 1.45 bits per heavy atom. The first-order valence-electron chi connectivity index (χ1n) is 3.01. The van der Waals surface area contributed by atoms with Crippen LogP contribution < -0.4 is 0 Å². The zero-order valence-corrected chi connectivity index (χ0v) is 7.79. The van der Waals surface area contributed by atoms with E-state index in [1.807, 2.05) is 6.07 Å². The van der Waals surface area contributed by atoms with Crippen LogP contribution >= 0.6 is 0 Å². The minimum atomic E-state index is -0.863. The second-order valence-corrected chi connectivity index (χ2v) is 2.12. The van der Waals surface area contributed by atoms with E-state index in [1.54, 1.807) is 25.1 Å². The van der Waals surface area contributed by atoms with E-state index in [2.05, 4.69) is 0 Å². The Morgan fingerprint density at radius 3 is 2.36 bits per heavy atom. The van der Waals surface area contributed by atoms with Crippen molar-refractivity contribution in [3.63, 3.8) is 0 Å². The summed E-state index contributed by atoms with van der Waals surface area (Å²) in [6.07, 6.45) is 0. The van der Waals surface area contributed by atoms with Crippen molar-refractivity contribution in [3.8, 4) is 0 Å². The van der Waals surface area contributed by atoms with E-state index in [4.69, 9.17) is 5.11 Å². The van der Waals surface area contributed by atoms with Crippen molar-refractivity contribution >= 4 is 29.0 Å². The second-order valence-electron chi connectivity index (χ2n) is 2.12. The number of carbonyl (C=O) groups is 1. The van der Waals surface area contributed by atoms with E-state index in [9.17, 15) is 4.79 Å². The average molecular weight is 162 g/mol. The molecule has 0 heterocycles. The molecule has 3 heteroatoms. The molecule has 0 aliphatic heterocycles. The van der Waals surface area contributed by atoms with Gasteiger partial charge < -0.3 is 7.96 Å². The van der Waals surface area contributed by atoms with Gasteiger partial charge in [-0.2, -0.15) is 0 Å². The molecule has 0 aliphatic carbocycles. The van der Waals surface area contributed by atoms with Crippen molar-refractivity contribution < 1.29 is 12.8 Å². The normalized spacial score (nSPS) is 8.45. The first kappa shape index (κ1) is 10.5. The predicted molar refractivity (Wildman–Crippen MR) is 46.1 cm³/mol. The van der Waals surface area contributed by atoms with Crippen molar-refractivity contribution in [1.82, 2.24) is 0 Å². The van der Waals surface area contributed by atoms with Gasteiger partial charge in [0, 0.05) is 0 Å². The maximum Gasteiger partial charge on any atom is 2.00 e. The van der Waals surface area contributed by atoms with Gasteiger partial charge in [0.2, 0.25) is 0 Å². The van der Waals surface area contributed by atoms with Gasteiger partial charge in [0.05, 0.1) is 5.56 Å². The van der Waals surface area contributed by atoms with Crippen LogP contribution in [0.1, 0.15) is 18.8 Å². The van der Waals surface area contributed by atoms with Crippen molar-refractivity contribution in [2.75, 3.05) is 0 Å². The molecule has 2 nitrogen and oxygen atoms in total. The number of carboxylic acid groups (broad SMARTS) is 1. The van der Waals surface area contributed by atoms with E-state index in [1.165, 1.54) is 0 Å². The summed E-state index contributed by atoms with van der Waals surface area (Å²) in [6, 6.07) is 6.92. The monoisotopic (exact) mass is 162 g/mol. The number of aromatic carboxylic acids is 1. The molecule has 56 valence electrons. The molecule has 0 amide bonds. The summed E-state index contributed by atoms with van der Waals surface area (Å²) in [7, 11) is 0. The quantitative estimate of drug-likeness (QED) is 0.636. The molecule has 0 unspecified atom stereocenters. The summed E-state index contributed by atoms with van der Waals surface area (Å²) >= 11 is 0. The van der Waals surface area contributed by atoms with Crippen LogP contribution in [0.3, 0.4) is 0 Å². The predicted octanol–water partition coefficient (Wildman–Crippen LogP) is 1.54. The minimum absolute atomic E-state index is 0. The van der Waals surface area contributed by atoms with E-state index in [0.29, 0.717) is 5.56 Å². The number of benzene rings is 1. The summed E-state index contributed by atoms with van der Waals surface area (Å²) in [5.41, 5.74) is 1.18. The van der Waals surface area contributed by atoms with E-state index >= 15 is 0 Å². The molecule has 0 atom stereocenters. The van der Waals surface area contributed by atoms with Crippen LogP contribution in [0.5, 0.6) is 0 Å². The van der Waals surface area contributed by atoms with Gasteiger partial charge in [0.15, 0.2) is 0 Å². The topological polar surface area (TPSA) is 37.3 Å².